The Morgan fingerprint density at radius 1 is 1.00 bits per heavy atom. The summed E-state index contributed by atoms with van der Waals surface area (Å²) < 4.78 is 5.23. The number of H-pyrrole nitrogens is 2. The van der Waals surface area contributed by atoms with Crippen molar-refractivity contribution in [3.05, 3.63) is 75.4 Å². The number of aliphatic hydroxyl groups excluding tert-OH is 1. The topological polar surface area (TPSA) is 150 Å². The maximum Gasteiger partial charge on any atom is 0.321 e. The minimum Gasteiger partial charge on any atom is -0.468 e. The molecule has 6 rings (SSSR count). The van der Waals surface area contributed by atoms with Crippen molar-refractivity contribution < 1.29 is 24.2 Å². The van der Waals surface area contributed by atoms with Gasteiger partial charge in [-0.25, -0.2) is 4.98 Å². The summed E-state index contributed by atoms with van der Waals surface area (Å²) in [6.45, 7) is 15.1. The van der Waals surface area contributed by atoms with Gasteiger partial charge in [-0.05, 0) is 86.9 Å². The second-order valence-electron chi connectivity index (χ2n) is 14.0. The Bertz CT molecular complexity index is 2120. The molecular weight excluding hydrogens is 642 g/mol. The zero-order valence-corrected chi connectivity index (χ0v) is 30.6. The van der Waals surface area contributed by atoms with E-state index in [-0.39, 0.29) is 36.6 Å². The minimum absolute atomic E-state index is 0.0516. The van der Waals surface area contributed by atoms with Crippen LogP contribution in [0.5, 0.6) is 0 Å². The predicted octanol–water partition coefficient (Wildman–Crippen LogP) is 7.70. The fourth-order valence-corrected chi connectivity index (χ4v) is 8.01. The van der Waals surface area contributed by atoms with Crippen molar-refractivity contribution in [3.8, 4) is 0 Å². The van der Waals surface area contributed by atoms with Crippen molar-refractivity contribution in [2.45, 2.75) is 97.3 Å². The van der Waals surface area contributed by atoms with Crippen molar-refractivity contribution in [3.63, 3.8) is 0 Å². The third-order valence-electron chi connectivity index (χ3n) is 11.0. The number of methoxy groups -OCH3 is 1. The zero-order valence-electron chi connectivity index (χ0n) is 30.6. The average Bonchev–Trinajstić information content (AvgIpc) is 3.85. The number of nitrogens with one attached hydrogen (secondary N) is 3. The first kappa shape index (κ1) is 36.0. The molecule has 1 aliphatic carbocycles. The second kappa shape index (κ2) is 14.8. The number of aromatic amines is 2. The maximum absolute atomic E-state index is 14.2. The molecule has 3 aromatic heterocycles. The lowest BCUT2D eigenvalue weighted by Crippen LogP contribution is -2.25. The number of aryl methyl sites for hydroxylation is 2. The number of allylic oxidation sites excluding steroid dienone is 2. The van der Waals surface area contributed by atoms with Crippen LogP contribution < -0.4 is 5.32 Å². The van der Waals surface area contributed by atoms with Crippen molar-refractivity contribution in [1.29, 1.82) is 0 Å². The number of nitrogens with zero attached hydrogens (tertiary/aromatic N) is 2. The Balaban J connectivity index is 1.58. The number of ketones is 1. The molecule has 4 N–H and O–H groups in total. The smallest absolute Gasteiger partial charge is 0.321 e. The number of aromatic nitrogens is 4. The molecule has 0 saturated carbocycles. The number of hydrogen-bond acceptors (Lipinski definition) is 7. The van der Waals surface area contributed by atoms with Crippen molar-refractivity contribution in [2.75, 3.05) is 20.3 Å². The molecular formula is C41H49N5O5. The monoisotopic (exact) mass is 691 g/mol. The van der Waals surface area contributed by atoms with E-state index in [1.54, 1.807) is 0 Å². The molecule has 3 aromatic rings. The summed E-state index contributed by atoms with van der Waals surface area (Å²) in [5, 5.41) is 12.1. The van der Waals surface area contributed by atoms with E-state index >= 15 is 0 Å². The van der Waals surface area contributed by atoms with Gasteiger partial charge in [0.15, 0.2) is 5.78 Å². The molecule has 0 fully saturated rings. The standard InChI is InChI=1S/C41H49N5O5/c1-8-25-21(3)28-18-30-23(5)27(14-15-34(48)42-16-12-10-11-13-17-47)38(45-30)36-37(41(50)51-7)40(49)35-24(6)31(46-39(35)36)20-33-26(9-2)22(4)29(44-33)19-32(25)43-28/h8,18-20,23,27,37,43,46-47H,1,9-17H2,2-7H3,(H,42,48). The van der Waals surface area contributed by atoms with E-state index in [9.17, 15) is 14.4 Å². The van der Waals surface area contributed by atoms with Gasteiger partial charge in [-0.15, -0.1) is 0 Å². The fourth-order valence-electron chi connectivity index (χ4n) is 8.01. The lowest BCUT2D eigenvalue weighted by atomic mass is 9.84. The average molecular weight is 692 g/mol. The molecule has 5 heterocycles. The first-order chi connectivity index (χ1) is 24.5. The Kier molecular flexibility index (Phi) is 10.4. The Hall–Kier alpha value is -4.83. The first-order valence-electron chi connectivity index (χ1n) is 18.1. The van der Waals surface area contributed by atoms with Gasteiger partial charge in [0.25, 0.3) is 0 Å². The van der Waals surface area contributed by atoms with E-state index in [1.807, 2.05) is 25.1 Å². The van der Waals surface area contributed by atoms with Crippen LogP contribution in [0.15, 0.2) is 24.8 Å². The van der Waals surface area contributed by atoms with Crippen LogP contribution >= 0.6 is 0 Å². The quantitative estimate of drug-likeness (QED) is 0.0863. The van der Waals surface area contributed by atoms with Crippen LogP contribution in [0.2, 0.25) is 0 Å². The van der Waals surface area contributed by atoms with Gasteiger partial charge in [-0.3, -0.25) is 19.4 Å². The van der Waals surface area contributed by atoms with Gasteiger partial charge in [0.2, 0.25) is 5.91 Å². The number of rotatable bonds is 12. The molecule has 3 aliphatic rings. The molecule has 0 spiro atoms. The number of hydrogen-bond donors (Lipinski definition) is 4. The summed E-state index contributed by atoms with van der Waals surface area (Å²) in [5.41, 5.74) is 12.2. The minimum atomic E-state index is -1.17. The van der Waals surface area contributed by atoms with E-state index < -0.39 is 11.9 Å². The molecule has 2 aliphatic heterocycles. The van der Waals surface area contributed by atoms with E-state index in [0.29, 0.717) is 35.3 Å². The van der Waals surface area contributed by atoms with Gasteiger partial charge in [0.1, 0.15) is 5.92 Å². The predicted molar refractivity (Wildman–Crippen MR) is 201 cm³/mol. The number of carbonyl (C=O) groups excluding carboxylic acids is 3. The van der Waals surface area contributed by atoms with Gasteiger partial charge < -0.3 is 25.1 Å². The van der Waals surface area contributed by atoms with Crippen LogP contribution in [0.1, 0.15) is 139 Å². The maximum atomic E-state index is 14.2. The normalized spacial score (nSPS) is 18.0. The number of amides is 1. The summed E-state index contributed by atoms with van der Waals surface area (Å²) in [5.74, 6) is -2.53. The molecule has 0 saturated heterocycles. The van der Waals surface area contributed by atoms with E-state index in [2.05, 4.69) is 55.6 Å². The molecule has 10 heteroatoms. The number of Topliss-reactive ketones (excluding diaryl/α,β-unsaturated/α-hetero) is 1. The number of carbonyl (C=O) groups is 3. The number of esters is 1. The van der Waals surface area contributed by atoms with Crippen molar-refractivity contribution in [2.24, 2.45) is 0 Å². The van der Waals surface area contributed by atoms with Gasteiger partial charge in [-0.2, -0.15) is 0 Å². The van der Waals surface area contributed by atoms with Gasteiger partial charge in [0.05, 0.1) is 29.7 Å². The lowest BCUT2D eigenvalue weighted by Gasteiger charge is -2.19. The number of fused-ring (bicyclic) bond motifs is 8. The summed E-state index contributed by atoms with van der Waals surface area (Å²) in [6, 6.07) is 6.11. The molecule has 51 heavy (non-hydrogen) atoms. The third-order valence-corrected chi connectivity index (χ3v) is 11.0. The highest BCUT2D eigenvalue weighted by Crippen LogP contribution is 2.48. The second-order valence-corrected chi connectivity index (χ2v) is 14.0. The molecule has 1 amide bonds. The number of aliphatic hydroxyl groups is 1. The number of unbranched alkanes of at least 4 members (excludes halogenated alkanes) is 3. The van der Waals surface area contributed by atoms with Crippen LogP contribution in [-0.4, -0.2) is 63.0 Å². The van der Waals surface area contributed by atoms with E-state index in [0.717, 1.165) is 93.6 Å². The Morgan fingerprint density at radius 2 is 1.73 bits per heavy atom. The van der Waals surface area contributed by atoms with E-state index in [4.69, 9.17) is 19.8 Å². The number of ether oxygens (including phenoxy) is 1. The van der Waals surface area contributed by atoms with Crippen LogP contribution in [-0.2, 0) is 14.3 Å². The van der Waals surface area contributed by atoms with Crippen LogP contribution in [0.4, 0.5) is 0 Å². The van der Waals surface area contributed by atoms with Crippen LogP contribution in [0.3, 0.4) is 0 Å². The molecule has 3 atom stereocenters. The largest absolute Gasteiger partial charge is 0.468 e. The van der Waals surface area contributed by atoms with Gasteiger partial charge in [-0.1, -0.05) is 39.3 Å². The third kappa shape index (κ3) is 6.46. The highest BCUT2D eigenvalue weighted by atomic mass is 16.5. The molecule has 268 valence electrons. The summed E-state index contributed by atoms with van der Waals surface area (Å²) in [7, 11) is 1.30. The highest BCUT2D eigenvalue weighted by molar-refractivity contribution is 6.23. The highest BCUT2D eigenvalue weighted by Gasteiger charge is 2.45. The molecule has 10 nitrogen and oxygen atoms in total. The summed E-state index contributed by atoms with van der Waals surface area (Å²) in [6.07, 6.45) is 6.86. The van der Waals surface area contributed by atoms with Gasteiger partial charge >= 0.3 is 5.97 Å². The zero-order chi connectivity index (χ0) is 36.6. The Labute approximate surface area is 298 Å². The van der Waals surface area contributed by atoms with E-state index in [1.165, 1.54) is 7.11 Å². The Morgan fingerprint density at radius 3 is 2.43 bits per heavy atom. The summed E-state index contributed by atoms with van der Waals surface area (Å²) in [4.78, 5) is 58.2. The van der Waals surface area contributed by atoms with Crippen LogP contribution in [0.25, 0.3) is 39.3 Å². The molecule has 0 radical (unpaired) electrons. The SMILES string of the molecule is C=Cc1c(C)c2cc3nc(c4c5[nH]c(cc6nc(cc1[nH]2)C(C)=C6CC)c(C)c5C(=O)C4C(=O)OC)C(CCC(=O)NCCCCCCO)C3C. The first-order valence-corrected chi connectivity index (χ1v) is 18.1. The van der Waals surface area contributed by atoms with Crippen molar-refractivity contribution >= 4 is 56.9 Å². The molecule has 0 aromatic carbocycles. The van der Waals surface area contributed by atoms with Crippen molar-refractivity contribution in [1.82, 2.24) is 25.3 Å². The lowest BCUT2D eigenvalue weighted by molar-refractivity contribution is -0.141. The molecule has 8 bridgehead atoms. The summed E-state index contributed by atoms with van der Waals surface area (Å²) >= 11 is 0. The molecule has 3 unspecified atom stereocenters. The fraction of sp³-hybridized carbons (Fsp3) is 0.439. The van der Waals surface area contributed by atoms with Gasteiger partial charge in [0, 0.05) is 70.3 Å². The van der Waals surface area contributed by atoms with Crippen LogP contribution in [0, 0.1) is 13.8 Å².